The molecule has 4 rings (SSSR count). The SMILES string of the molecule is O=c1cc(CN2CC3CCC(O)C3C2)nc2nc[nH]n12. The molecule has 2 aromatic rings. The predicted octanol–water partition coefficient (Wildman–Crippen LogP) is -0.380. The molecule has 20 heavy (non-hydrogen) atoms. The van der Waals surface area contributed by atoms with Crippen molar-refractivity contribution in [1.82, 2.24) is 24.5 Å². The van der Waals surface area contributed by atoms with Crippen molar-refractivity contribution in [1.29, 1.82) is 0 Å². The molecule has 3 unspecified atom stereocenters. The van der Waals surface area contributed by atoms with Crippen molar-refractivity contribution in [3.05, 3.63) is 28.4 Å². The Bertz CT molecular complexity index is 693. The summed E-state index contributed by atoms with van der Waals surface area (Å²) < 4.78 is 1.33. The van der Waals surface area contributed by atoms with Crippen LogP contribution in [0.5, 0.6) is 0 Å². The monoisotopic (exact) mass is 275 g/mol. The van der Waals surface area contributed by atoms with Crippen LogP contribution in [0, 0.1) is 11.8 Å². The van der Waals surface area contributed by atoms with Crippen molar-refractivity contribution in [3.8, 4) is 0 Å². The van der Waals surface area contributed by atoms with E-state index >= 15 is 0 Å². The lowest BCUT2D eigenvalue weighted by Crippen LogP contribution is -2.26. The number of aromatic amines is 1. The average Bonchev–Trinajstić information content (AvgIpc) is 3.08. The van der Waals surface area contributed by atoms with Crippen molar-refractivity contribution in [2.24, 2.45) is 11.8 Å². The number of hydrogen-bond acceptors (Lipinski definition) is 5. The topological polar surface area (TPSA) is 86.5 Å². The van der Waals surface area contributed by atoms with Gasteiger partial charge >= 0.3 is 0 Å². The Morgan fingerprint density at radius 1 is 1.40 bits per heavy atom. The Morgan fingerprint density at radius 2 is 2.30 bits per heavy atom. The van der Waals surface area contributed by atoms with Gasteiger partial charge in [-0.05, 0) is 18.8 Å². The highest BCUT2D eigenvalue weighted by Gasteiger charge is 2.41. The number of aliphatic hydroxyl groups is 1. The second kappa shape index (κ2) is 4.39. The predicted molar refractivity (Wildman–Crippen MR) is 71.1 cm³/mol. The van der Waals surface area contributed by atoms with Gasteiger partial charge < -0.3 is 5.11 Å². The fraction of sp³-hybridized carbons (Fsp3) is 0.615. The number of aliphatic hydroxyl groups excluding tert-OH is 1. The highest BCUT2D eigenvalue weighted by atomic mass is 16.3. The van der Waals surface area contributed by atoms with Gasteiger partial charge in [0.15, 0.2) is 0 Å². The number of rotatable bonds is 2. The Kier molecular flexibility index (Phi) is 2.64. The molecule has 0 bridgehead atoms. The largest absolute Gasteiger partial charge is 0.393 e. The van der Waals surface area contributed by atoms with Gasteiger partial charge in [-0.3, -0.25) is 14.8 Å². The molecule has 106 valence electrons. The number of aromatic nitrogens is 4. The molecule has 7 nitrogen and oxygen atoms in total. The molecule has 0 amide bonds. The van der Waals surface area contributed by atoms with Crippen LogP contribution in [0.25, 0.3) is 5.78 Å². The first-order valence-corrected chi connectivity index (χ1v) is 7.03. The highest BCUT2D eigenvalue weighted by Crippen LogP contribution is 2.38. The standard InChI is InChI=1S/C13H17N5O2/c19-11-2-1-8-4-17(6-10(8)11)5-9-3-12(20)18-13(16-9)14-7-15-18/h3,7-8,10-11,19H,1-2,4-6H2,(H,14,15,16). The minimum absolute atomic E-state index is 0.137. The summed E-state index contributed by atoms with van der Waals surface area (Å²) in [6, 6.07) is 1.55. The summed E-state index contributed by atoms with van der Waals surface area (Å²) in [7, 11) is 0. The lowest BCUT2D eigenvalue weighted by Gasteiger charge is -2.17. The summed E-state index contributed by atoms with van der Waals surface area (Å²) in [5.74, 6) is 1.40. The first kappa shape index (κ1) is 12.0. The van der Waals surface area contributed by atoms with E-state index in [0.717, 1.165) is 31.6 Å². The third-order valence-corrected chi connectivity index (χ3v) is 4.60. The van der Waals surface area contributed by atoms with Gasteiger partial charge in [-0.2, -0.15) is 4.52 Å². The number of likely N-dealkylation sites (tertiary alicyclic amines) is 1. The van der Waals surface area contributed by atoms with E-state index in [1.807, 2.05) is 0 Å². The van der Waals surface area contributed by atoms with Crippen LogP contribution in [0.15, 0.2) is 17.2 Å². The van der Waals surface area contributed by atoms with Crippen molar-refractivity contribution in [2.75, 3.05) is 13.1 Å². The molecule has 3 atom stereocenters. The number of nitrogens with one attached hydrogen (secondary N) is 1. The molecule has 0 aromatic carbocycles. The molecule has 7 heteroatoms. The molecular formula is C13H17N5O2. The fourth-order valence-electron chi connectivity index (χ4n) is 3.64. The third-order valence-electron chi connectivity index (χ3n) is 4.60. The second-order valence-corrected chi connectivity index (χ2v) is 5.87. The molecule has 1 saturated heterocycles. The van der Waals surface area contributed by atoms with Crippen LogP contribution < -0.4 is 5.56 Å². The lowest BCUT2D eigenvalue weighted by molar-refractivity contribution is 0.123. The van der Waals surface area contributed by atoms with Gasteiger partial charge in [0.2, 0.25) is 0 Å². The van der Waals surface area contributed by atoms with Crippen LogP contribution in [-0.4, -0.2) is 48.8 Å². The minimum Gasteiger partial charge on any atom is -0.393 e. The molecule has 1 aliphatic carbocycles. The molecular weight excluding hydrogens is 258 g/mol. The fourth-order valence-corrected chi connectivity index (χ4v) is 3.64. The van der Waals surface area contributed by atoms with Crippen LogP contribution in [-0.2, 0) is 6.54 Å². The molecule has 1 aliphatic heterocycles. The number of nitrogens with zero attached hydrogens (tertiary/aromatic N) is 4. The Hall–Kier alpha value is -1.73. The van der Waals surface area contributed by atoms with Gasteiger partial charge in [0.1, 0.15) is 6.33 Å². The first-order valence-electron chi connectivity index (χ1n) is 7.03. The summed E-state index contributed by atoms with van der Waals surface area (Å²) in [5.41, 5.74) is 0.610. The van der Waals surface area contributed by atoms with Crippen molar-refractivity contribution < 1.29 is 5.11 Å². The van der Waals surface area contributed by atoms with Crippen LogP contribution in [0.3, 0.4) is 0 Å². The van der Waals surface area contributed by atoms with E-state index in [0.29, 0.717) is 24.2 Å². The summed E-state index contributed by atoms with van der Waals surface area (Å²) in [5, 5.41) is 12.7. The second-order valence-electron chi connectivity index (χ2n) is 5.87. The van der Waals surface area contributed by atoms with E-state index in [4.69, 9.17) is 0 Å². The Balaban J connectivity index is 1.55. The normalized spacial score (nSPS) is 30.1. The van der Waals surface area contributed by atoms with Crippen molar-refractivity contribution in [3.63, 3.8) is 0 Å². The maximum atomic E-state index is 11.9. The van der Waals surface area contributed by atoms with E-state index in [9.17, 15) is 9.90 Å². The van der Waals surface area contributed by atoms with Gasteiger partial charge in [-0.15, -0.1) is 0 Å². The summed E-state index contributed by atoms with van der Waals surface area (Å²) >= 11 is 0. The molecule has 0 spiro atoms. The maximum Gasteiger partial charge on any atom is 0.274 e. The minimum atomic E-state index is -0.155. The van der Waals surface area contributed by atoms with Crippen molar-refractivity contribution in [2.45, 2.75) is 25.5 Å². The van der Waals surface area contributed by atoms with Gasteiger partial charge in [0.05, 0.1) is 11.8 Å². The molecule has 3 heterocycles. The molecule has 2 N–H and O–H groups in total. The van der Waals surface area contributed by atoms with Crippen LogP contribution in [0.2, 0.25) is 0 Å². The molecule has 2 aliphatic rings. The zero-order valence-electron chi connectivity index (χ0n) is 11.1. The number of hydrogen-bond donors (Lipinski definition) is 2. The molecule has 2 aromatic heterocycles. The highest BCUT2D eigenvalue weighted by molar-refractivity contribution is 5.26. The zero-order chi connectivity index (χ0) is 13.7. The number of H-pyrrole nitrogens is 1. The van der Waals surface area contributed by atoms with E-state index in [1.54, 1.807) is 6.07 Å². The van der Waals surface area contributed by atoms with Crippen LogP contribution >= 0.6 is 0 Å². The van der Waals surface area contributed by atoms with Gasteiger partial charge in [-0.1, -0.05) is 0 Å². The third kappa shape index (κ3) is 1.85. The molecule has 1 saturated carbocycles. The van der Waals surface area contributed by atoms with Gasteiger partial charge in [0.25, 0.3) is 11.3 Å². The summed E-state index contributed by atoms with van der Waals surface area (Å²) in [4.78, 5) is 22.6. The maximum absolute atomic E-state index is 11.9. The first-order chi connectivity index (χ1) is 9.70. The summed E-state index contributed by atoms with van der Waals surface area (Å²) in [6.07, 6.45) is 3.35. The van der Waals surface area contributed by atoms with Crippen LogP contribution in [0.4, 0.5) is 0 Å². The quantitative estimate of drug-likeness (QED) is 0.780. The van der Waals surface area contributed by atoms with Crippen molar-refractivity contribution >= 4 is 5.78 Å². The van der Waals surface area contributed by atoms with Crippen LogP contribution in [0.1, 0.15) is 18.5 Å². The van der Waals surface area contributed by atoms with E-state index in [-0.39, 0.29) is 11.7 Å². The molecule has 0 radical (unpaired) electrons. The lowest BCUT2D eigenvalue weighted by atomic mass is 10.00. The van der Waals surface area contributed by atoms with E-state index in [2.05, 4.69) is 20.0 Å². The van der Waals surface area contributed by atoms with E-state index < -0.39 is 0 Å². The van der Waals surface area contributed by atoms with Gasteiger partial charge in [0, 0.05) is 31.6 Å². The smallest absolute Gasteiger partial charge is 0.274 e. The molecule has 2 fully saturated rings. The number of fused-ring (bicyclic) bond motifs is 2. The summed E-state index contributed by atoms with van der Waals surface area (Å²) in [6.45, 7) is 2.54. The Morgan fingerprint density at radius 3 is 3.15 bits per heavy atom. The average molecular weight is 275 g/mol. The zero-order valence-corrected chi connectivity index (χ0v) is 11.1. The van der Waals surface area contributed by atoms with Gasteiger partial charge in [-0.25, -0.2) is 9.97 Å². The van der Waals surface area contributed by atoms with E-state index in [1.165, 1.54) is 10.8 Å². The Labute approximate surface area is 115 Å².